The number of hydrogen-bond acceptors (Lipinski definition) is 5. The minimum atomic E-state index is -0.705. The van der Waals surface area contributed by atoms with E-state index in [-0.39, 0.29) is 34.5 Å². The van der Waals surface area contributed by atoms with Gasteiger partial charge in [-0.1, -0.05) is 19.9 Å². The number of hydrogen-bond donors (Lipinski definition) is 0. The van der Waals surface area contributed by atoms with Crippen molar-refractivity contribution in [2.45, 2.75) is 64.0 Å². The Hall–Kier alpha value is -1.88. The Balaban J connectivity index is 1.67. The molecule has 156 valence electrons. The Morgan fingerprint density at radius 1 is 1.24 bits per heavy atom. The van der Waals surface area contributed by atoms with Crippen LogP contribution in [0.3, 0.4) is 0 Å². The fraction of sp³-hybridized carbons (Fsp3) is 0.667. The van der Waals surface area contributed by atoms with Gasteiger partial charge in [-0.25, -0.2) is 0 Å². The average molecular weight is 398 g/mol. The van der Waals surface area contributed by atoms with Gasteiger partial charge in [-0.3, -0.25) is 14.5 Å². The van der Waals surface area contributed by atoms with Crippen LogP contribution in [0.4, 0.5) is 0 Å². The van der Waals surface area contributed by atoms with Crippen LogP contribution in [0.2, 0.25) is 0 Å². The lowest BCUT2D eigenvalue weighted by molar-refractivity contribution is -0.213. The van der Waals surface area contributed by atoms with E-state index in [1.807, 2.05) is 6.92 Å². The van der Waals surface area contributed by atoms with Gasteiger partial charge in [0.2, 0.25) is 0 Å². The topological polar surface area (TPSA) is 55.8 Å². The van der Waals surface area contributed by atoms with Crippen LogP contribution in [0.15, 0.2) is 18.2 Å². The zero-order valence-corrected chi connectivity index (χ0v) is 18.1. The molecule has 6 unspecified atom stereocenters. The van der Waals surface area contributed by atoms with E-state index < -0.39 is 5.41 Å². The molecule has 2 heterocycles. The third-order valence-electron chi connectivity index (χ3n) is 9.07. The normalized spacial score (nSPS) is 42.4. The molecule has 1 aromatic carbocycles. The van der Waals surface area contributed by atoms with Crippen molar-refractivity contribution in [2.75, 3.05) is 20.8 Å². The zero-order chi connectivity index (χ0) is 20.8. The number of carbonyl (C=O) groups excluding carboxylic acids is 2. The molecular formula is C24H31NO4. The Morgan fingerprint density at radius 3 is 2.59 bits per heavy atom. The lowest BCUT2D eigenvalue weighted by Crippen LogP contribution is -2.77. The first-order valence-electron chi connectivity index (χ1n) is 10.8. The van der Waals surface area contributed by atoms with Gasteiger partial charge in [0.05, 0.1) is 19.1 Å². The van der Waals surface area contributed by atoms with Gasteiger partial charge >= 0.3 is 5.97 Å². The predicted molar refractivity (Wildman–Crippen MR) is 109 cm³/mol. The number of likely N-dealkylation sites (N-methyl/N-ethyl adjacent to an activating group) is 1. The van der Waals surface area contributed by atoms with Crippen LogP contribution >= 0.6 is 0 Å². The van der Waals surface area contributed by atoms with E-state index in [0.717, 1.165) is 25.0 Å². The van der Waals surface area contributed by atoms with E-state index in [1.165, 1.54) is 11.1 Å². The second-order valence-corrected chi connectivity index (χ2v) is 10.0. The second kappa shape index (κ2) is 5.84. The molecule has 1 aromatic rings. The largest absolute Gasteiger partial charge is 0.497 e. The third kappa shape index (κ3) is 2.15. The molecule has 3 aliphatic carbocycles. The van der Waals surface area contributed by atoms with Crippen LogP contribution in [0, 0.1) is 16.7 Å². The van der Waals surface area contributed by atoms with Crippen molar-refractivity contribution in [3.63, 3.8) is 0 Å². The highest BCUT2D eigenvalue weighted by Crippen LogP contribution is 2.71. The fourth-order valence-corrected chi connectivity index (χ4v) is 7.33. The molecular weight excluding hydrogens is 366 g/mol. The van der Waals surface area contributed by atoms with Gasteiger partial charge in [0.25, 0.3) is 0 Å². The molecule has 0 radical (unpaired) electrons. The molecule has 4 bridgehead atoms. The number of rotatable bonds is 4. The standard InChI is InChI=1S/C24H31NO4/c1-6-29-21(27)24(17-11-18(17)26)13-23(3)19-9-14-7-8-15(28-5)10-16(14)22(23,2)12-20(24)25(19)4/h7-8,10,17,19-20H,6,9,11-13H2,1-5H3. The number of benzene rings is 1. The average Bonchev–Trinajstić information content (AvgIpc) is 3.43. The molecule has 6 atom stereocenters. The Labute approximate surface area is 172 Å². The Bertz CT molecular complexity index is 912. The summed E-state index contributed by atoms with van der Waals surface area (Å²) in [6, 6.07) is 6.83. The number of nitrogens with zero attached hydrogens (tertiary/aromatic N) is 1. The molecule has 0 aromatic heterocycles. The summed E-state index contributed by atoms with van der Waals surface area (Å²) in [7, 11) is 3.87. The molecule has 6 rings (SSSR count). The van der Waals surface area contributed by atoms with Crippen LogP contribution in [0.5, 0.6) is 5.75 Å². The van der Waals surface area contributed by atoms with Crippen molar-refractivity contribution in [1.82, 2.24) is 4.90 Å². The number of piperidine rings is 2. The Kier molecular flexibility index (Phi) is 3.85. The van der Waals surface area contributed by atoms with Gasteiger partial charge in [-0.05, 0) is 61.9 Å². The highest BCUT2D eigenvalue weighted by molar-refractivity contribution is 6.02. The monoisotopic (exact) mass is 397 g/mol. The van der Waals surface area contributed by atoms with E-state index in [2.05, 4.69) is 44.0 Å². The lowest BCUT2D eigenvalue weighted by Gasteiger charge is -2.72. The van der Waals surface area contributed by atoms with Gasteiger partial charge in [0.1, 0.15) is 11.5 Å². The van der Waals surface area contributed by atoms with Crippen molar-refractivity contribution in [3.05, 3.63) is 29.3 Å². The number of esters is 1. The van der Waals surface area contributed by atoms with Crippen LogP contribution < -0.4 is 4.74 Å². The first kappa shape index (κ1) is 19.1. The van der Waals surface area contributed by atoms with Crippen molar-refractivity contribution in [3.8, 4) is 5.75 Å². The van der Waals surface area contributed by atoms with E-state index >= 15 is 0 Å². The van der Waals surface area contributed by atoms with Crippen molar-refractivity contribution >= 4 is 11.8 Å². The molecule has 5 nitrogen and oxygen atoms in total. The quantitative estimate of drug-likeness (QED) is 0.731. The van der Waals surface area contributed by atoms with Gasteiger partial charge in [-0.2, -0.15) is 0 Å². The molecule has 5 aliphatic rings. The molecule has 2 saturated carbocycles. The molecule has 29 heavy (non-hydrogen) atoms. The van der Waals surface area contributed by atoms with E-state index in [4.69, 9.17) is 9.47 Å². The first-order chi connectivity index (χ1) is 13.7. The van der Waals surface area contributed by atoms with Gasteiger partial charge in [0, 0.05) is 29.8 Å². The molecule has 0 spiro atoms. The summed E-state index contributed by atoms with van der Waals surface area (Å²) in [5, 5.41) is 0. The number of Topliss-reactive ketones (excluding diaryl/α,β-unsaturated/α-hetero) is 1. The minimum Gasteiger partial charge on any atom is -0.497 e. The van der Waals surface area contributed by atoms with Gasteiger partial charge in [0.15, 0.2) is 0 Å². The molecule has 2 saturated heterocycles. The van der Waals surface area contributed by atoms with E-state index in [1.54, 1.807) is 7.11 Å². The summed E-state index contributed by atoms with van der Waals surface area (Å²) < 4.78 is 11.1. The molecule has 5 heteroatoms. The maximum absolute atomic E-state index is 13.4. The first-order valence-corrected chi connectivity index (χ1v) is 10.8. The van der Waals surface area contributed by atoms with Gasteiger partial charge in [-0.15, -0.1) is 0 Å². The van der Waals surface area contributed by atoms with Crippen molar-refractivity contribution < 1.29 is 19.1 Å². The van der Waals surface area contributed by atoms with Crippen LogP contribution in [0.1, 0.15) is 51.2 Å². The van der Waals surface area contributed by atoms with Crippen LogP contribution in [-0.4, -0.2) is 49.5 Å². The molecule has 2 aliphatic heterocycles. The Morgan fingerprint density at radius 2 is 1.97 bits per heavy atom. The minimum absolute atomic E-state index is 0.0224. The predicted octanol–water partition coefficient (Wildman–Crippen LogP) is 3.13. The summed E-state index contributed by atoms with van der Waals surface area (Å²) in [6.07, 6.45) is 3.07. The maximum Gasteiger partial charge on any atom is 0.314 e. The maximum atomic E-state index is 13.4. The smallest absolute Gasteiger partial charge is 0.314 e. The number of methoxy groups -OCH3 is 1. The number of carbonyl (C=O) groups is 2. The summed E-state index contributed by atoms with van der Waals surface area (Å²) in [4.78, 5) is 28.1. The second-order valence-electron chi connectivity index (χ2n) is 10.0. The van der Waals surface area contributed by atoms with Crippen LogP contribution in [0.25, 0.3) is 0 Å². The highest BCUT2D eigenvalue weighted by Gasteiger charge is 2.76. The zero-order valence-electron chi connectivity index (χ0n) is 18.1. The molecule has 4 fully saturated rings. The SMILES string of the molecule is CCOC(=O)C1(C2CC2=O)CC2(C)C3Cc4ccc(OC)cc4C2(C)CC1N3C. The van der Waals surface area contributed by atoms with Crippen molar-refractivity contribution in [1.29, 1.82) is 0 Å². The summed E-state index contributed by atoms with van der Waals surface area (Å²) in [5.41, 5.74) is 1.85. The van der Waals surface area contributed by atoms with Crippen LogP contribution in [-0.2, 0) is 26.2 Å². The number of ketones is 1. The van der Waals surface area contributed by atoms with Crippen molar-refractivity contribution in [2.24, 2.45) is 16.7 Å². The third-order valence-corrected chi connectivity index (χ3v) is 9.07. The molecule has 0 amide bonds. The van der Waals surface area contributed by atoms with E-state index in [9.17, 15) is 9.59 Å². The summed E-state index contributed by atoms with van der Waals surface area (Å²) in [5.74, 6) is 0.768. The summed E-state index contributed by atoms with van der Waals surface area (Å²) >= 11 is 0. The van der Waals surface area contributed by atoms with E-state index in [0.29, 0.717) is 19.1 Å². The van der Waals surface area contributed by atoms with Gasteiger partial charge < -0.3 is 9.47 Å². The number of ether oxygens (including phenoxy) is 2. The highest BCUT2D eigenvalue weighted by atomic mass is 16.5. The summed E-state index contributed by atoms with van der Waals surface area (Å²) in [6.45, 7) is 6.91. The number of fused-ring (bicyclic) bond motifs is 2. The molecule has 0 N–H and O–H groups in total. The lowest BCUT2D eigenvalue weighted by atomic mass is 9.39. The fourth-order valence-electron chi connectivity index (χ4n) is 7.33.